The number of anilines is 1. The number of benzene rings is 1. The summed E-state index contributed by atoms with van der Waals surface area (Å²) in [5.74, 6) is 0.795. The van der Waals surface area contributed by atoms with Crippen LogP contribution in [0.2, 0.25) is 0 Å². The first-order chi connectivity index (χ1) is 34.7. The Bertz CT molecular complexity index is 2340. The number of hydrogen-bond acceptors (Lipinski definition) is 12. The summed E-state index contributed by atoms with van der Waals surface area (Å²) in [6.45, 7) is 8.73. The predicted octanol–water partition coefficient (Wildman–Crippen LogP) is 4.10. The number of aryl methyl sites for hydroxylation is 1. The van der Waals surface area contributed by atoms with Crippen molar-refractivity contribution in [1.82, 2.24) is 41.9 Å². The van der Waals surface area contributed by atoms with Crippen LogP contribution in [-0.4, -0.2) is 141 Å². The molecule has 3 aliphatic heterocycles. The average molecular weight is 1000 g/mol. The number of ether oxygens (including phenoxy) is 4. The number of rotatable bonds is 31. The number of nitrogens with one attached hydrogen (secondary N) is 8. The monoisotopic (exact) mass is 999 g/mol. The third-order valence-electron chi connectivity index (χ3n) is 12.8. The molecule has 384 valence electrons. The van der Waals surface area contributed by atoms with Crippen LogP contribution in [0.3, 0.4) is 0 Å². The zero-order valence-corrected chi connectivity index (χ0v) is 41.3. The van der Waals surface area contributed by atoms with E-state index in [1.807, 2.05) is 36.2 Å². The van der Waals surface area contributed by atoms with Crippen LogP contribution in [0.15, 0.2) is 43.1 Å². The van der Waals surface area contributed by atoms with E-state index < -0.39 is 0 Å². The molecule has 0 bridgehead atoms. The number of aromatic nitrogens is 2. The number of carbonyl (C=O) groups is 6. The van der Waals surface area contributed by atoms with Gasteiger partial charge in [-0.25, -0.2) is 4.79 Å². The zero-order valence-electron chi connectivity index (χ0n) is 40.5. The number of urea groups is 1. The first-order valence-corrected chi connectivity index (χ1v) is 26.2. The Morgan fingerprint density at radius 2 is 1.45 bits per heavy atom. The van der Waals surface area contributed by atoms with Gasteiger partial charge in [0, 0.05) is 99.1 Å². The molecule has 4 aliphatic rings. The van der Waals surface area contributed by atoms with Crippen LogP contribution >= 0.6 is 11.8 Å². The minimum atomic E-state index is -0.388. The number of H-pyrrole nitrogens is 1. The van der Waals surface area contributed by atoms with Gasteiger partial charge in [0.05, 0.1) is 67.8 Å². The van der Waals surface area contributed by atoms with Gasteiger partial charge >= 0.3 is 6.03 Å². The summed E-state index contributed by atoms with van der Waals surface area (Å²) in [5.41, 5.74) is 7.81. The molecule has 8 N–H and O–H groups in total. The van der Waals surface area contributed by atoms with Gasteiger partial charge in [0.2, 0.25) is 23.6 Å². The van der Waals surface area contributed by atoms with Gasteiger partial charge in [-0.2, -0.15) is 11.8 Å². The molecule has 20 heteroatoms. The van der Waals surface area contributed by atoms with Crippen molar-refractivity contribution in [2.45, 2.75) is 101 Å². The van der Waals surface area contributed by atoms with E-state index >= 15 is 0 Å². The Kier molecular flexibility index (Phi) is 20.5. The molecule has 7 amide bonds. The minimum Gasteiger partial charge on any atom is -0.491 e. The fourth-order valence-electron chi connectivity index (χ4n) is 9.13. The lowest BCUT2D eigenvalue weighted by Crippen LogP contribution is -2.36. The molecule has 3 aromatic rings. The molecule has 1 aliphatic carbocycles. The van der Waals surface area contributed by atoms with Crippen LogP contribution < -0.4 is 42.0 Å². The maximum Gasteiger partial charge on any atom is 0.315 e. The molecule has 71 heavy (non-hydrogen) atoms. The number of thioether (sulfide) groups is 1. The maximum atomic E-state index is 12.7. The van der Waals surface area contributed by atoms with Crippen LogP contribution in [-0.2, 0) is 52.7 Å². The second-order valence-electron chi connectivity index (χ2n) is 18.0. The van der Waals surface area contributed by atoms with Crippen LogP contribution in [0.5, 0.6) is 5.75 Å². The van der Waals surface area contributed by atoms with Gasteiger partial charge in [-0.3, -0.25) is 29.0 Å². The fraction of sp³-hybridized carbons (Fsp3) is 0.549. The summed E-state index contributed by atoms with van der Waals surface area (Å²) in [6.07, 6.45) is 11.5. The van der Waals surface area contributed by atoms with Crippen molar-refractivity contribution < 1.29 is 47.7 Å². The molecule has 2 fully saturated rings. The zero-order chi connectivity index (χ0) is 49.8. The van der Waals surface area contributed by atoms with Crippen LogP contribution in [0.4, 0.5) is 10.5 Å². The van der Waals surface area contributed by atoms with E-state index in [9.17, 15) is 28.8 Å². The Hall–Kier alpha value is -5.96. The summed E-state index contributed by atoms with van der Waals surface area (Å²) < 4.78 is 22.8. The van der Waals surface area contributed by atoms with E-state index in [2.05, 4.69) is 48.8 Å². The first-order valence-electron chi connectivity index (χ1n) is 25.1. The molecule has 0 radical (unpaired) electrons. The molecule has 0 spiro atoms. The smallest absolute Gasteiger partial charge is 0.315 e. The summed E-state index contributed by atoms with van der Waals surface area (Å²) in [7, 11) is 0. The van der Waals surface area contributed by atoms with Gasteiger partial charge in [0.1, 0.15) is 5.75 Å². The highest BCUT2D eigenvalue weighted by molar-refractivity contribution is 8.00. The SMILES string of the molecule is C=CC(=O)Nc1cc(-c2cc3c(cn2)CCc2c-3[nH]c3c2C(=O)NCC3)ccc1OCCCNC(=O)CCCC(=O)NCCCOCCOCCOCCCNC(=O)CCCC[C@H]1SC[C@H]2NC(=O)N[C@H]21. The molecular weight excluding hydrogens is 931 g/mol. The Balaban J connectivity index is 0.661. The minimum absolute atomic E-state index is 0.0293. The highest BCUT2D eigenvalue weighted by Gasteiger charge is 2.42. The Morgan fingerprint density at radius 1 is 0.775 bits per heavy atom. The van der Waals surface area contributed by atoms with Gasteiger partial charge in [0.15, 0.2) is 0 Å². The lowest BCUT2D eigenvalue weighted by Gasteiger charge is -2.19. The third-order valence-corrected chi connectivity index (χ3v) is 14.3. The molecule has 1 aromatic carbocycles. The van der Waals surface area contributed by atoms with E-state index in [-0.39, 0.29) is 67.1 Å². The number of fused-ring (bicyclic) bond motifs is 6. The van der Waals surface area contributed by atoms with Crippen molar-refractivity contribution in [3.63, 3.8) is 0 Å². The van der Waals surface area contributed by atoms with Gasteiger partial charge in [-0.15, -0.1) is 0 Å². The number of hydrogen-bond donors (Lipinski definition) is 8. The molecule has 3 atom stereocenters. The van der Waals surface area contributed by atoms with Crippen molar-refractivity contribution in [3.05, 3.63) is 65.5 Å². The average Bonchev–Trinajstić information content (AvgIpc) is 4.06. The molecule has 0 saturated carbocycles. The highest BCUT2D eigenvalue weighted by atomic mass is 32.2. The lowest BCUT2D eigenvalue weighted by atomic mass is 9.88. The van der Waals surface area contributed by atoms with Crippen LogP contribution in [0, 0.1) is 0 Å². The molecule has 7 rings (SSSR count). The van der Waals surface area contributed by atoms with Crippen molar-refractivity contribution in [1.29, 1.82) is 0 Å². The summed E-state index contributed by atoms with van der Waals surface area (Å²) in [4.78, 5) is 81.7. The van der Waals surface area contributed by atoms with Gasteiger partial charge in [-0.1, -0.05) is 13.0 Å². The normalized spacial score (nSPS) is 17.4. The Labute approximate surface area is 419 Å². The van der Waals surface area contributed by atoms with Crippen LogP contribution in [0.1, 0.15) is 91.4 Å². The fourth-order valence-corrected chi connectivity index (χ4v) is 10.7. The molecule has 0 unspecified atom stereocenters. The largest absolute Gasteiger partial charge is 0.491 e. The van der Waals surface area contributed by atoms with E-state index in [0.29, 0.717) is 114 Å². The summed E-state index contributed by atoms with van der Waals surface area (Å²) >= 11 is 1.90. The van der Waals surface area contributed by atoms with E-state index in [4.69, 9.17) is 23.9 Å². The number of amides is 7. The van der Waals surface area contributed by atoms with Crippen LogP contribution in [0.25, 0.3) is 22.5 Å². The standard InChI is InChI=1S/C51H69N9O10S/c1-2-43(61)57-39-29-33(38-30-36-34(31-56-38)13-15-35-47-37(58-48(35)36)17-21-55-50(47)65)14-16-41(39)70-24-8-20-54-46(64)12-5-11-45(63)53-19-7-23-68-26-28-69-27-25-67-22-6-18-52-44(62)10-4-3-9-42-49-40(32-71-42)59-51(66)60-49/h2,14,16,29-31,40,42,49,58H,1,3-13,15,17-28,32H2,(H,52,62)(H,53,63)(H,54,64)(H,55,65)(H,57,61)(H2,59,60,66)/t40-,42-,49-/m1/s1. The predicted molar refractivity (Wildman–Crippen MR) is 270 cm³/mol. The number of nitrogens with zero attached hydrogens (tertiary/aromatic N) is 1. The topological polar surface area (TPSA) is 252 Å². The van der Waals surface area contributed by atoms with Crippen molar-refractivity contribution in [2.24, 2.45) is 0 Å². The first kappa shape index (κ1) is 52.9. The number of aromatic amines is 1. The molecule has 2 saturated heterocycles. The van der Waals surface area contributed by atoms with Gasteiger partial charge < -0.3 is 61.1 Å². The summed E-state index contributed by atoms with van der Waals surface area (Å²) in [6, 6.07) is 7.88. The highest BCUT2D eigenvalue weighted by Crippen LogP contribution is 2.40. The van der Waals surface area contributed by atoms with Crippen molar-refractivity contribution in [3.8, 4) is 28.3 Å². The van der Waals surface area contributed by atoms with E-state index in [1.165, 1.54) is 6.08 Å². The second kappa shape index (κ2) is 27.6. The number of unbranched alkanes of at least 4 members (excludes halogenated alkanes) is 1. The maximum absolute atomic E-state index is 12.7. The quantitative estimate of drug-likeness (QED) is 0.0258. The summed E-state index contributed by atoms with van der Waals surface area (Å²) in [5, 5.41) is 20.9. The Morgan fingerprint density at radius 3 is 2.15 bits per heavy atom. The van der Waals surface area contributed by atoms with Gasteiger partial charge in [0.25, 0.3) is 5.91 Å². The molecule has 5 heterocycles. The lowest BCUT2D eigenvalue weighted by molar-refractivity contribution is -0.123. The molecule has 2 aromatic heterocycles. The second-order valence-corrected chi connectivity index (χ2v) is 19.3. The molecule has 19 nitrogen and oxygen atoms in total. The van der Waals surface area contributed by atoms with E-state index in [0.717, 1.165) is 89.9 Å². The van der Waals surface area contributed by atoms with E-state index in [1.54, 1.807) is 6.07 Å². The third kappa shape index (κ3) is 15.8. The number of carbonyl (C=O) groups excluding carboxylic acids is 6. The molecular formula is C51H69N9O10S. The number of pyridine rings is 1. The van der Waals surface area contributed by atoms with Crippen molar-refractivity contribution >= 4 is 53.0 Å². The van der Waals surface area contributed by atoms with Crippen molar-refractivity contribution in [2.75, 3.05) is 83.5 Å². The van der Waals surface area contributed by atoms with Gasteiger partial charge in [-0.05, 0) is 92.8 Å².